The SMILES string of the molecule is O=C(O)C1(I)C=CC(c2cccc(O)c2)C=C1. The molecule has 0 aromatic heterocycles. The second-order valence-electron chi connectivity index (χ2n) is 3.91. The van der Waals surface area contributed by atoms with E-state index in [1.54, 1.807) is 30.4 Å². The first-order chi connectivity index (χ1) is 8.01. The Labute approximate surface area is 113 Å². The first-order valence-electron chi connectivity index (χ1n) is 5.11. The highest BCUT2D eigenvalue weighted by Crippen LogP contribution is 2.33. The molecule has 0 unspecified atom stereocenters. The van der Waals surface area contributed by atoms with Gasteiger partial charge in [0.05, 0.1) is 0 Å². The van der Waals surface area contributed by atoms with E-state index in [-0.39, 0.29) is 11.7 Å². The number of carboxylic acids is 1. The summed E-state index contributed by atoms with van der Waals surface area (Å²) in [7, 11) is 0. The predicted molar refractivity (Wildman–Crippen MR) is 73.5 cm³/mol. The third-order valence-corrected chi connectivity index (χ3v) is 3.86. The highest BCUT2D eigenvalue weighted by molar-refractivity contribution is 14.1. The number of carbonyl (C=O) groups is 1. The lowest BCUT2D eigenvalue weighted by Crippen LogP contribution is -2.28. The topological polar surface area (TPSA) is 57.5 Å². The fourth-order valence-electron chi connectivity index (χ4n) is 1.70. The fraction of sp³-hybridized carbons (Fsp3) is 0.154. The molecule has 0 amide bonds. The number of aromatic hydroxyl groups is 1. The van der Waals surface area contributed by atoms with Crippen molar-refractivity contribution in [3.8, 4) is 5.75 Å². The summed E-state index contributed by atoms with van der Waals surface area (Å²) in [5.41, 5.74) is 0.946. The number of hydrogen-bond donors (Lipinski definition) is 2. The molecule has 2 N–H and O–H groups in total. The van der Waals surface area contributed by atoms with Gasteiger partial charge in [0.25, 0.3) is 0 Å². The van der Waals surface area contributed by atoms with E-state index in [9.17, 15) is 9.90 Å². The van der Waals surface area contributed by atoms with Crippen LogP contribution in [0, 0.1) is 0 Å². The highest BCUT2D eigenvalue weighted by atomic mass is 127. The molecule has 0 radical (unpaired) electrons. The van der Waals surface area contributed by atoms with Crippen LogP contribution in [0.1, 0.15) is 11.5 Å². The fourth-order valence-corrected chi connectivity index (χ4v) is 2.12. The van der Waals surface area contributed by atoms with Gasteiger partial charge in [-0.05, 0) is 17.7 Å². The Morgan fingerprint density at radius 1 is 1.29 bits per heavy atom. The van der Waals surface area contributed by atoms with Crippen LogP contribution in [0.2, 0.25) is 0 Å². The van der Waals surface area contributed by atoms with Crippen LogP contribution in [0.25, 0.3) is 0 Å². The molecule has 0 saturated carbocycles. The van der Waals surface area contributed by atoms with Crippen molar-refractivity contribution in [3.05, 3.63) is 54.1 Å². The molecule has 1 aliphatic rings. The Hall–Kier alpha value is -1.30. The second kappa shape index (κ2) is 4.52. The Kier molecular flexibility index (Phi) is 3.24. The average molecular weight is 342 g/mol. The Morgan fingerprint density at radius 3 is 2.47 bits per heavy atom. The minimum Gasteiger partial charge on any atom is -0.508 e. The minimum absolute atomic E-state index is 0.0179. The average Bonchev–Trinajstić information content (AvgIpc) is 2.30. The lowest BCUT2D eigenvalue weighted by atomic mass is 9.90. The minimum atomic E-state index is -0.953. The number of aliphatic carboxylic acids is 1. The third kappa shape index (κ3) is 2.52. The van der Waals surface area contributed by atoms with Gasteiger partial charge in [-0.1, -0.05) is 59.0 Å². The quantitative estimate of drug-likeness (QED) is 0.494. The van der Waals surface area contributed by atoms with Gasteiger partial charge < -0.3 is 10.2 Å². The summed E-state index contributed by atoms with van der Waals surface area (Å²) < 4.78 is -0.953. The van der Waals surface area contributed by atoms with E-state index >= 15 is 0 Å². The van der Waals surface area contributed by atoms with Gasteiger partial charge in [0.1, 0.15) is 5.75 Å². The van der Waals surface area contributed by atoms with Gasteiger partial charge in [0, 0.05) is 5.92 Å². The number of halogens is 1. The number of phenolic OH excluding ortho intramolecular Hbond substituents is 1. The molecule has 0 atom stereocenters. The molecular weight excluding hydrogens is 331 g/mol. The lowest BCUT2D eigenvalue weighted by Gasteiger charge is -2.21. The molecule has 3 nitrogen and oxygen atoms in total. The molecule has 4 heteroatoms. The molecule has 2 rings (SSSR count). The zero-order valence-electron chi connectivity index (χ0n) is 8.88. The van der Waals surface area contributed by atoms with Crippen LogP contribution in [0.4, 0.5) is 0 Å². The second-order valence-corrected chi connectivity index (χ2v) is 5.70. The van der Waals surface area contributed by atoms with Crippen LogP contribution in [0.3, 0.4) is 0 Å². The Balaban J connectivity index is 2.25. The van der Waals surface area contributed by atoms with E-state index in [1.165, 1.54) is 0 Å². The molecule has 0 saturated heterocycles. The standard InChI is InChI=1S/C13H11IO3/c14-13(12(16)17)6-4-9(5-7-13)10-2-1-3-11(15)8-10/h1-9,15H,(H,16,17). The largest absolute Gasteiger partial charge is 0.508 e. The maximum Gasteiger partial charge on any atom is 0.327 e. The molecule has 0 aliphatic heterocycles. The van der Waals surface area contributed by atoms with Crippen LogP contribution in [0.15, 0.2) is 48.6 Å². The number of allylic oxidation sites excluding steroid dienone is 2. The van der Waals surface area contributed by atoms with Crippen molar-refractivity contribution < 1.29 is 15.0 Å². The number of phenols is 1. The van der Waals surface area contributed by atoms with Gasteiger partial charge in [0.15, 0.2) is 3.42 Å². The zero-order chi connectivity index (χ0) is 12.5. The summed E-state index contributed by atoms with van der Waals surface area (Å²) in [5.74, 6) is -0.641. The van der Waals surface area contributed by atoms with Crippen molar-refractivity contribution in [2.24, 2.45) is 0 Å². The summed E-state index contributed by atoms with van der Waals surface area (Å²) in [6, 6.07) is 6.97. The van der Waals surface area contributed by atoms with Gasteiger partial charge >= 0.3 is 5.97 Å². The van der Waals surface area contributed by atoms with Gasteiger partial charge in [-0.25, -0.2) is 0 Å². The van der Waals surface area contributed by atoms with Crippen molar-refractivity contribution in [2.75, 3.05) is 0 Å². The van der Waals surface area contributed by atoms with E-state index in [0.29, 0.717) is 0 Å². The Morgan fingerprint density at radius 2 is 1.94 bits per heavy atom. The Bertz CT molecular complexity index is 491. The van der Waals surface area contributed by atoms with E-state index < -0.39 is 9.39 Å². The van der Waals surface area contributed by atoms with E-state index in [2.05, 4.69) is 0 Å². The molecule has 17 heavy (non-hydrogen) atoms. The maximum absolute atomic E-state index is 11.0. The van der Waals surface area contributed by atoms with E-state index in [4.69, 9.17) is 5.11 Å². The first-order valence-corrected chi connectivity index (χ1v) is 6.19. The number of carboxylic acid groups (broad SMARTS) is 1. The number of hydrogen-bond acceptors (Lipinski definition) is 2. The van der Waals surface area contributed by atoms with Crippen LogP contribution in [-0.2, 0) is 4.79 Å². The number of benzene rings is 1. The van der Waals surface area contributed by atoms with E-state index in [0.717, 1.165) is 5.56 Å². The zero-order valence-corrected chi connectivity index (χ0v) is 11.0. The molecule has 0 bridgehead atoms. The van der Waals surface area contributed by atoms with Crippen LogP contribution < -0.4 is 0 Å². The predicted octanol–water partition coefficient (Wildman–Crippen LogP) is 2.86. The van der Waals surface area contributed by atoms with Crippen molar-refractivity contribution in [1.29, 1.82) is 0 Å². The van der Waals surface area contributed by atoms with Crippen LogP contribution in [-0.4, -0.2) is 19.6 Å². The van der Waals surface area contributed by atoms with Gasteiger partial charge in [0.2, 0.25) is 0 Å². The van der Waals surface area contributed by atoms with Crippen LogP contribution in [0.5, 0.6) is 5.75 Å². The highest BCUT2D eigenvalue weighted by Gasteiger charge is 2.31. The molecule has 0 heterocycles. The first kappa shape index (κ1) is 12.2. The molecule has 1 aromatic carbocycles. The summed E-state index contributed by atoms with van der Waals surface area (Å²) in [6.45, 7) is 0. The smallest absolute Gasteiger partial charge is 0.327 e. The molecular formula is C13H11IO3. The summed E-state index contributed by atoms with van der Waals surface area (Å²) in [5, 5.41) is 18.4. The number of alkyl halides is 1. The third-order valence-electron chi connectivity index (χ3n) is 2.68. The van der Waals surface area contributed by atoms with Gasteiger partial charge in [-0.3, -0.25) is 4.79 Å². The molecule has 1 aromatic rings. The van der Waals surface area contributed by atoms with Crippen molar-refractivity contribution in [2.45, 2.75) is 9.34 Å². The lowest BCUT2D eigenvalue weighted by molar-refractivity contribution is -0.136. The molecule has 0 spiro atoms. The molecule has 1 aliphatic carbocycles. The van der Waals surface area contributed by atoms with E-state index in [1.807, 2.05) is 40.8 Å². The number of rotatable bonds is 2. The van der Waals surface area contributed by atoms with Gasteiger partial charge in [-0.2, -0.15) is 0 Å². The van der Waals surface area contributed by atoms with Crippen molar-refractivity contribution >= 4 is 28.6 Å². The van der Waals surface area contributed by atoms with Crippen molar-refractivity contribution in [3.63, 3.8) is 0 Å². The molecule has 0 fully saturated rings. The summed E-state index contributed by atoms with van der Waals surface area (Å²) >= 11 is 1.89. The summed E-state index contributed by atoms with van der Waals surface area (Å²) in [4.78, 5) is 11.0. The normalized spacial score (nSPS) is 27.0. The van der Waals surface area contributed by atoms with Gasteiger partial charge in [-0.15, -0.1) is 0 Å². The monoisotopic (exact) mass is 342 g/mol. The maximum atomic E-state index is 11.0. The van der Waals surface area contributed by atoms with Crippen LogP contribution >= 0.6 is 22.6 Å². The summed E-state index contributed by atoms with van der Waals surface area (Å²) in [6.07, 6.45) is 7.03. The van der Waals surface area contributed by atoms with Crippen molar-refractivity contribution in [1.82, 2.24) is 0 Å². The molecule has 88 valence electrons.